The molecule has 0 bridgehead atoms. The molecular formula is C48H29NOS2. The number of nitrogens with zero attached hydrogens (tertiary/aromatic N) is 1. The third-order valence-corrected chi connectivity index (χ3v) is 12.6. The minimum atomic E-state index is 0.877. The maximum absolute atomic E-state index is 6.41. The molecule has 11 aromatic rings. The van der Waals surface area contributed by atoms with Crippen LogP contribution in [0.3, 0.4) is 0 Å². The van der Waals surface area contributed by atoms with Gasteiger partial charge in [0.05, 0.1) is 11.1 Å². The van der Waals surface area contributed by atoms with E-state index in [0.29, 0.717) is 0 Å². The molecule has 0 spiro atoms. The molecule has 4 heteroatoms. The number of hydrogen-bond acceptors (Lipinski definition) is 4. The van der Waals surface area contributed by atoms with Crippen molar-refractivity contribution in [1.29, 1.82) is 0 Å². The molecule has 0 amide bonds. The second-order valence-electron chi connectivity index (χ2n) is 13.2. The summed E-state index contributed by atoms with van der Waals surface area (Å²) in [5, 5.41) is 7.47. The van der Waals surface area contributed by atoms with Gasteiger partial charge >= 0.3 is 0 Å². The van der Waals surface area contributed by atoms with Gasteiger partial charge in [-0.1, -0.05) is 109 Å². The molecule has 0 aliphatic heterocycles. The van der Waals surface area contributed by atoms with Crippen LogP contribution in [0.2, 0.25) is 0 Å². The molecular weight excluding hydrogens is 671 g/mol. The lowest BCUT2D eigenvalue weighted by Gasteiger charge is -2.27. The molecule has 52 heavy (non-hydrogen) atoms. The van der Waals surface area contributed by atoms with Crippen molar-refractivity contribution in [1.82, 2.24) is 0 Å². The predicted octanol–water partition coefficient (Wildman–Crippen LogP) is 15.1. The van der Waals surface area contributed by atoms with Crippen LogP contribution in [0.15, 0.2) is 180 Å². The number of para-hydroxylation sites is 1. The van der Waals surface area contributed by atoms with Crippen molar-refractivity contribution in [3.8, 4) is 22.3 Å². The number of rotatable bonds is 5. The lowest BCUT2D eigenvalue weighted by Crippen LogP contribution is -2.10. The molecule has 0 saturated carbocycles. The van der Waals surface area contributed by atoms with E-state index >= 15 is 0 Å². The van der Waals surface area contributed by atoms with Crippen LogP contribution in [0.25, 0.3) is 84.5 Å². The fraction of sp³-hybridized carbons (Fsp3) is 0. The third kappa shape index (κ3) is 4.55. The lowest BCUT2D eigenvalue weighted by molar-refractivity contribution is 0.669. The standard InChI is InChI=1S/C48H29NOS2/c1-4-19-40-36(13-1)48-39(18-10-20-41(48)50-40)49(32-27-25-30(26-28-32)34-16-8-23-44-46(34)37-14-2-5-21-42(37)51-44)33-12-7-11-31(29-33)35-17-9-24-45-47(35)38-15-3-6-22-43(38)52-45/h1-29H. The van der Waals surface area contributed by atoms with Crippen molar-refractivity contribution in [2.75, 3.05) is 4.90 Å². The van der Waals surface area contributed by atoms with Crippen molar-refractivity contribution in [2.45, 2.75) is 0 Å². The fourth-order valence-corrected chi connectivity index (χ4v) is 10.3. The maximum atomic E-state index is 6.41. The summed E-state index contributed by atoms with van der Waals surface area (Å²) in [6.07, 6.45) is 0. The van der Waals surface area contributed by atoms with Crippen molar-refractivity contribution in [3.63, 3.8) is 0 Å². The smallest absolute Gasteiger partial charge is 0.137 e. The van der Waals surface area contributed by atoms with E-state index in [0.717, 1.165) is 39.0 Å². The second-order valence-corrected chi connectivity index (χ2v) is 15.4. The Bertz CT molecular complexity index is 3150. The van der Waals surface area contributed by atoms with Crippen LogP contribution < -0.4 is 4.90 Å². The summed E-state index contributed by atoms with van der Waals surface area (Å²) >= 11 is 3.72. The molecule has 0 unspecified atom stereocenters. The second kappa shape index (κ2) is 11.7. The van der Waals surface area contributed by atoms with Gasteiger partial charge < -0.3 is 9.32 Å². The summed E-state index contributed by atoms with van der Waals surface area (Å²) in [7, 11) is 0. The number of anilines is 3. The SMILES string of the molecule is c1cc(-c2cccc3sc4ccccc4c23)cc(N(c2ccc(-c3cccc4sc5ccccc5c34)cc2)c2cccc3oc4ccccc4c23)c1. The van der Waals surface area contributed by atoms with Crippen molar-refractivity contribution >= 4 is 102 Å². The molecule has 244 valence electrons. The molecule has 0 radical (unpaired) electrons. The number of hydrogen-bond donors (Lipinski definition) is 0. The van der Waals surface area contributed by atoms with E-state index in [-0.39, 0.29) is 0 Å². The Balaban J connectivity index is 1.12. The largest absolute Gasteiger partial charge is 0.456 e. The van der Waals surface area contributed by atoms with Gasteiger partial charge in [0.15, 0.2) is 0 Å². The van der Waals surface area contributed by atoms with Gasteiger partial charge in [-0.05, 0) is 89.0 Å². The van der Waals surface area contributed by atoms with Crippen LogP contribution in [0, 0.1) is 0 Å². The normalized spacial score (nSPS) is 11.8. The molecule has 0 N–H and O–H groups in total. The summed E-state index contributed by atoms with van der Waals surface area (Å²) in [5.74, 6) is 0. The van der Waals surface area contributed by atoms with Crippen LogP contribution >= 0.6 is 22.7 Å². The van der Waals surface area contributed by atoms with E-state index in [1.165, 1.54) is 62.6 Å². The third-order valence-electron chi connectivity index (χ3n) is 10.3. The molecule has 0 atom stereocenters. The van der Waals surface area contributed by atoms with Gasteiger partial charge in [-0.3, -0.25) is 0 Å². The average molecular weight is 700 g/mol. The molecule has 0 fully saturated rings. The summed E-state index contributed by atoms with van der Waals surface area (Å²) in [4.78, 5) is 2.39. The van der Waals surface area contributed by atoms with Gasteiger partial charge in [-0.15, -0.1) is 22.7 Å². The Morgan fingerprint density at radius 2 is 0.923 bits per heavy atom. The molecule has 0 saturated heterocycles. The van der Waals surface area contributed by atoms with E-state index in [1.54, 1.807) is 0 Å². The first-order chi connectivity index (χ1) is 25.8. The quantitative estimate of drug-likeness (QED) is 0.178. The Morgan fingerprint density at radius 3 is 1.63 bits per heavy atom. The van der Waals surface area contributed by atoms with E-state index in [4.69, 9.17) is 4.42 Å². The zero-order valence-corrected chi connectivity index (χ0v) is 29.5. The van der Waals surface area contributed by atoms with Gasteiger partial charge in [0, 0.05) is 57.1 Å². The van der Waals surface area contributed by atoms with Crippen LogP contribution in [-0.2, 0) is 0 Å². The van der Waals surface area contributed by atoms with E-state index in [1.807, 2.05) is 28.7 Å². The summed E-state index contributed by atoms with van der Waals surface area (Å²) < 4.78 is 11.7. The first-order valence-electron chi connectivity index (χ1n) is 17.5. The van der Waals surface area contributed by atoms with E-state index in [2.05, 4.69) is 175 Å². The molecule has 2 nitrogen and oxygen atoms in total. The van der Waals surface area contributed by atoms with Crippen LogP contribution in [0.1, 0.15) is 0 Å². The monoisotopic (exact) mass is 699 g/mol. The molecule has 3 heterocycles. The first-order valence-corrected chi connectivity index (χ1v) is 19.1. The van der Waals surface area contributed by atoms with Crippen molar-refractivity contribution in [3.05, 3.63) is 176 Å². The highest BCUT2D eigenvalue weighted by Gasteiger charge is 2.21. The summed E-state index contributed by atoms with van der Waals surface area (Å²) in [6.45, 7) is 0. The van der Waals surface area contributed by atoms with Crippen LogP contribution in [0.5, 0.6) is 0 Å². The van der Waals surface area contributed by atoms with Gasteiger partial charge in [-0.2, -0.15) is 0 Å². The van der Waals surface area contributed by atoms with Gasteiger partial charge in [0.1, 0.15) is 11.2 Å². The lowest BCUT2D eigenvalue weighted by atomic mass is 9.98. The number of fused-ring (bicyclic) bond motifs is 9. The Hall–Kier alpha value is -6.20. The average Bonchev–Trinajstić information content (AvgIpc) is 3.90. The topological polar surface area (TPSA) is 16.4 Å². The summed E-state index contributed by atoms with van der Waals surface area (Å²) in [6, 6.07) is 63.7. The number of furan rings is 1. The van der Waals surface area contributed by atoms with Crippen molar-refractivity contribution in [2.24, 2.45) is 0 Å². The van der Waals surface area contributed by atoms with Gasteiger partial charge in [0.25, 0.3) is 0 Å². The Labute approximate surface area is 308 Å². The fourth-order valence-electron chi connectivity index (χ4n) is 8.00. The predicted molar refractivity (Wildman–Crippen MR) is 225 cm³/mol. The van der Waals surface area contributed by atoms with Crippen molar-refractivity contribution < 1.29 is 4.42 Å². The van der Waals surface area contributed by atoms with E-state index in [9.17, 15) is 0 Å². The molecule has 11 rings (SSSR count). The minimum absolute atomic E-state index is 0.877. The van der Waals surface area contributed by atoms with Crippen LogP contribution in [0.4, 0.5) is 17.1 Å². The van der Waals surface area contributed by atoms with Gasteiger partial charge in [0.2, 0.25) is 0 Å². The number of thiophene rings is 2. The maximum Gasteiger partial charge on any atom is 0.137 e. The zero-order chi connectivity index (χ0) is 34.2. The highest BCUT2D eigenvalue weighted by Crippen LogP contribution is 2.46. The first kappa shape index (κ1) is 29.5. The summed E-state index contributed by atoms with van der Waals surface area (Å²) in [5.41, 5.74) is 9.92. The number of benzene rings is 8. The molecule has 8 aromatic carbocycles. The Kier molecular flexibility index (Phi) is 6.63. The highest BCUT2D eigenvalue weighted by molar-refractivity contribution is 7.26. The highest BCUT2D eigenvalue weighted by atomic mass is 32.1. The Morgan fingerprint density at radius 1 is 0.365 bits per heavy atom. The van der Waals surface area contributed by atoms with Gasteiger partial charge in [-0.25, -0.2) is 0 Å². The molecule has 0 aliphatic carbocycles. The zero-order valence-electron chi connectivity index (χ0n) is 27.9. The minimum Gasteiger partial charge on any atom is -0.456 e. The van der Waals surface area contributed by atoms with Crippen LogP contribution in [-0.4, -0.2) is 0 Å². The molecule has 0 aliphatic rings. The molecule has 3 aromatic heterocycles. The van der Waals surface area contributed by atoms with E-state index < -0.39 is 0 Å².